The lowest BCUT2D eigenvalue weighted by molar-refractivity contribution is -0.122. The van der Waals surface area contributed by atoms with Crippen molar-refractivity contribution < 1.29 is 17.9 Å². The topological polar surface area (TPSA) is 87.7 Å². The van der Waals surface area contributed by atoms with Crippen LogP contribution in [0.5, 0.6) is 0 Å². The summed E-state index contributed by atoms with van der Waals surface area (Å²) < 4.78 is 31.7. The first-order valence-electron chi connectivity index (χ1n) is 7.83. The van der Waals surface area contributed by atoms with E-state index in [4.69, 9.17) is 4.74 Å². The van der Waals surface area contributed by atoms with Crippen LogP contribution in [-0.2, 0) is 26.1 Å². The Kier molecular flexibility index (Phi) is 7.53. The van der Waals surface area contributed by atoms with E-state index >= 15 is 0 Å². The van der Waals surface area contributed by atoms with Crippen molar-refractivity contribution in [2.24, 2.45) is 0 Å². The molecular formula is C15H22ClN3O4S2. The third kappa shape index (κ3) is 5.08. The molecule has 1 unspecified atom stereocenters. The number of ether oxygens (including phenoxy) is 1. The van der Waals surface area contributed by atoms with Crippen molar-refractivity contribution in [2.75, 3.05) is 37.9 Å². The van der Waals surface area contributed by atoms with Gasteiger partial charge in [-0.15, -0.1) is 24.2 Å². The minimum Gasteiger partial charge on any atom is -0.379 e. The molecule has 25 heavy (non-hydrogen) atoms. The molecule has 1 aromatic carbocycles. The molecule has 1 amide bonds. The van der Waals surface area contributed by atoms with Gasteiger partial charge in [0.25, 0.3) is 0 Å². The second kappa shape index (κ2) is 9.20. The summed E-state index contributed by atoms with van der Waals surface area (Å²) in [5.41, 5.74) is 0.870. The number of carbonyl (C=O) groups is 1. The molecule has 1 atom stereocenters. The van der Waals surface area contributed by atoms with Gasteiger partial charge in [-0.1, -0.05) is 12.1 Å². The summed E-state index contributed by atoms with van der Waals surface area (Å²) in [6.07, 6.45) is 0. The molecule has 140 valence electrons. The fraction of sp³-hybridized carbons (Fsp3) is 0.533. The summed E-state index contributed by atoms with van der Waals surface area (Å²) in [5, 5.41) is 5.99. The Morgan fingerprint density at radius 1 is 1.28 bits per heavy atom. The van der Waals surface area contributed by atoms with Gasteiger partial charge in [-0.2, -0.15) is 4.31 Å². The highest BCUT2D eigenvalue weighted by Gasteiger charge is 2.26. The molecule has 2 saturated heterocycles. The number of hydrogen-bond donors (Lipinski definition) is 2. The van der Waals surface area contributed by atoms with E-state index in [1.54, 1.807) is 36.0 Å². The van der Waals surface area contributed by atoms with Gasteiger partial charge in [-0.05, 0) is 17.7 Å². The number of nitrogens with one attached hydrogen (secondary N) is 2. The fourth-order valence-corrected chi connectivity index (χ4v) is 4.94. The number of halogens is 1. The Morgan fingerprint density at radius 2 is 1.96 bits per heavy atom. The molecule has 2 aliphatic rings. The largest absolute Gasteiger partial charge is 0.379 e. The monoisotopic (exact) mass is 407 g/mol. The van der Waals surface area contributed by atoms with E-state index in [1.807, 2.05) is 0 Å². The summed E-state index contributed by atoms with van der Waals surface area (Å²) in [6, 6.07) is 6.52. The Bertz CT molecular complexity index is 673. The summed E-state index contributed by atoms with van der Waals surface area (Å²) in [4.78, 5) is 12.2. The standard InChI is InChI=1S/C15H21N3O4S2.ClH/c19-15(14-10-23-11-17-14)16-9-12-1-3-13(4-2-12)24(20,21)18-5-7-22-8-6-18;/h1-4,14,17H,5-11H2,(H,16,19);1H. The molecule has 2 aliphatic heterocycles. The van der Waals surface area contributed by atoms with Crippen LogP contribution in [0.3, 0.4) is 0 Å². The zero-order chi connectivity index (χ0) is 17.0. The molecule has 0 saturated carbocycles. The van der Waals surface area contributed by atoms with Gasteiger partial charge in [0.15, 0.2) is 0 Å². The lowest BCUT2D eigenvalue weighted by atomic mass is 10.2. The van der Waals surface area contributed by atoms with Gasteiger partial charge in [0, 0.05) is 31.3 Å². The van der Waals surface area contributed by atoms with Crippen LogP contribution in [0.25, 0.3) is 0 Å². The third-order valence-electron chi connectivity index (χ3n) is 4.03. The molecule has 0 spiro atoms. The number of benzene rings is 1. The van der Waals surface area contributed by atoms with Crippen molar-refractivity contribution in [2.45, 2.75) is 17.5 Å². The van der Waals surface area contributed by atoms with E-state index in [-0.39, 0.29) is 29.3 Å². The van der Waals surface area contributed by atoms with Crippen LogP contribution in [0, 0.1) is 0 Å². The maximum atomic E-state index is 12.5. The first-order valence-corrected chi connectivity index (χ1v) is 10.4. The second-order valence-electron chi connectivity index (χ2n) is 5.65. The van der Waals surface area contributed by atoms with Crippen LogP contribution in [-0.4, -0.2) is 62.6 Å². The van der Waals surface area contributed by atoms with Crippen molar-refractivity contribution in [1.82, 2.24) is 14.9 Å². The van der Waals surface area contributed by atoms with Crippen LogP contribution in [0.15, 0.2) is 29.2 Å². The normalized spacial score (nSPS) is 21.5. The Labute approximate surface area is 158 Å². The second-order valence-corrected chi connectivity index (χ2v) is 8.62. The highest BCUT2D eigenvalue weighted by Crippen LogP contribution is 2.17. The van der Waals surface area contributed by atoms with E-state index in [2.05, 4.69) is 10.6 Å². The number of sulfonamides is 1. The Morgan fingerprint density at radius 3 is 2.56 bits per heavy atom. The fourth-order valence-electron chi connectivity index (χ4n) is 2.59. The third-order valence-corrected chi connectivity index (χ3v) is 6.88. The molecule has 10 heteroatoms. The molecule has 2 N–H and O–H groups in total. The molecule has 0 aromatic heterocycles. The van der Waals surface area contributed by atoms with Crippen LogP contribution < -0.4 is 10.6 Å². The molecule has 2 heterocycles. The highest BCUT2D eigenvalue weighted by molar-refractivity contribution is 7.99. The zero-order valence-electron chi connectivity index (χ0n) is 13.6. The molecule has 1 aromatic rings. The predicted octanol–water partition coefficient (Wildman–Crippen LogP) is 0.408. The lowest BCUT2D eigenvalue weighted by Crippen LogP contribution is -2.41. The maximum absolute atomic E-state index is 12.5. The minimum absolute atomic E-state index is 0. The molecular weight excluding hydrogens is 386 g/mol. The minimum atomic E-state index is -3.47. The van der Waals surface area contributed by atoms with Crippen molar-refractivity contribution in [1.29, 1.82) is 0 Å². The number of amides is 1. The number of morpholine rings is 1. The quantitative estimate of drug-likeness (QED) is 0.735. The summed E-state index contributed by atoms with van der Waals surface area (Å²) >= 11 is 1.70. The van der Waals surface area contributed by atoms with Crippen molar-refractivity contribution in [3.05, 3.63) is 29.8 Å². The average molecular weight is 408 g/mol. The SMILES string of the molecule is Cl.O=C(NCc1ccc(S(=O)(=O)N2CCOCC2)cc1)C1CSCN1. The number of hydrogen-bond acceptors (Lipinski definition) is 6. The Hall–Kier alpha value is -0.840. The lowest BCUT2D eigenvalue weighted by Gasteiger charge is -2.26. The van der Waals surface area contributed by atoms with E-state index in [0.717, 1.165) is 17.2 Å². The van der Waals surface area contributed by atoms with Crippen molar-refractivity contribution >= 4 is 40.1 Å². The molecule has 0 aliphatic carbocycles. The first-order chi connectivity index (χ1) is 11.6. The van der Waals surface area contributed by atoms with Gasteiger partial charge in [0.2, 0.25) is 15.9 Å². The van der Waals surface area contributed by atoms with E-state index < -0.39 is 10.0 Å². The van der Waals surface area contributed by atoms with Crippen molar-refractivity contribution in [3.63, 3.8) is 0 Å². The van der Waals surface area contributed by atoms with E-state index in [0.29, 0.717) is 32.8 Å². The summed E-state index contributed by atoms with van der Waals surface area (Å²) in [6.45, 7) is 2.01. The highest BCUT2D eigenvalue weighted by atomic mass is 35.5. The maximum Gasteiger partial charge on any atom is 0.243 e. The van der Waals surface area contributed by atoms with Crippen LogP contribution in [0.2, 0.25) is 0 Å². The molecule has 0 bridgehead atoms. The molecule has 3 rings (SSSR count). The smallest absolute Gasteiger partial charge is 0.243 e. The van der Waals surface area contributed by atoms with Gasteiger partial charge in [0.1, 0.15) is 0 Å². The van der Waals surface area contributed by atoms with Crippen LogP contribution in [0.1, 0.15) is 5.56 Å². The summed E-state index contributed by atoms with van der Waals surface area (Å²) in [7, 11) is -3.47. The van der Waals surface area contributed by atoms with Gasteiger partial charge in [-0.25, -0.2) is 8.42 Å². The summed E-state index contributed by atoms with van der Waals surface area (Å²) in [5.74, 6) is 1.55. The molecule has 7 nitrogen and oxygen atoms in total. The van der Waals surface area contributed by atoms with Gasteiger partial charge < -0.3 is 10.1 Å². The molecule has 0 radical (unpaired) electrons. The zero-order valence-corrected chi connectivity index (χ0v) is 16.1. The van der Waals surface area contributed by atoms with E-state index in [1.165, 1.54) is 4.31 Å². The number of thioether (sulfide) groups is 1. The van der Waals surface area contributed by atoms with Crippen molar-refractivity contribution in [3.8, 4) is 0 Å². The predicted molar refractivity (Wildman–Crippen MR) is 99.4 cm³/mol. The Balaban J connectivity index is 0.00000225. The van der Waals surface area contributed by atoms with Crippen LogP contribution >= 0.6 is 24.2 Å². The van der Waals surface area contributed by atoms with Gasteiger partial charge in [-0.3, -0.25) is 10.1 Å². The first kappa shape index (κ1) is 20.5. The number of rotatable bonds is 5. The van der Waals surface area contributed by atoms with Crippen LogP contribution in [0.4, 0.5) is 0 Å². The van der Waals surface area contributed by atoms with E-state index in [9.17, 15) is 13.2 Å². The number of nitrogens with zero attached hydrogens (tertiary/aromatic N) is 1. The van der Waals surface area contributed by atoms with Gasteiger partial charge >= 0.3 is 0 Å². The van der Waals surface area contributed by atoms with Gasteiger partial charge in [0.05, 0.1) is 24.2 Å². The average Bonchev–Trinajstić information content (AvgIpc) is 3.15. The molecule has 2 fully saturated rings. The number of carbonyl (C=O) groups excluding carboxylic acids is 1.